The standard InChI is InChI=1S/C28H46N2O3S/c1-17-16-28(18(2)26-25(33-28)6-5-13-29-26)12-10-21-22-8-7-19-14-20(30-34(4,31)32)9-11-27(19,3)24(22)15-23(17)21/h18-22,24-26,29-30H,5-16H2,1-4H3/t18-,19-,20-,21+,22+,24+,25?,26+,27+,28+/m1/s1. The molecule has 3 saturated carbocycles. The minimum absolute atomic E-state index is 0.0417. The predicted octanol–water partition coefficient (Wildman–Crippen LogP) is 4.78. The molecule has 4 aliphatic carbocycles. The molecule has 6 heteroatoms. The Morgan fingerprint density at radius 3 is 2.71 bits per heavy atom. The van der Waals surface area contributed by atoms with E-state index in [9.17, 15) is 8.42 Å². The van der Waals surface area contributed by atoms with Crippen molar-refractivity contribution in [2.24, 2.45) is 35.0 Å². The van der Waals surface area contributed by atoms with Crippen LogP contribution < -0.4 is 10.0 Å². The highest BCUT2D eigenvalue weighted by molar-refractivity contribution is 7.88. The van der Waals surface area contributed by atoms with Crippen LogP contribution in [0.2, 0.25) is 0 Å². The third-order valence-electron chi connectivity index (χ3n) is 11.7. The van der Waals surface area contributed by atoms with Crippen LogP contribution in [0.3, 0.4) is 0 Å². The second-order valence-corrected chi connectivity index (χ2v) is 15.2. The number of rotatable bonds is 2. The Labute approximate surface area is 207 Å². The normalized spacial score (nSPS) is 50.9. The van der Waals surface area contributed by atoms with Crippen LogP contribution in [0, 0.1) is 35.0 Å². The lowest BCUT2D eigenvalue weighted by Crippen LogP contribution is -2.50. The van der Waals surface area contributed by atoms with Crippen molar-refractivity contribution in [3.05, 3.63) is 11.1 Å². The molecule has 5 nitrogen and oxygen atoms in total. The van der Waals surface area contributed by atoms with Crippen molar-refractivity contribution in [1.29, 1.82) is 0 Å². The van der Waals surface area contributed by atoms with E-state index in [-0.39, 0.29) is 11.6 Å². The van der Waals surface area contributed by atoms with E-state index >= 15 is 0 Å². The van der Waals surface area contributed by atoms with E-state index in [1.165, 1.54) is 57.6 Å². The molecule has 2 heterocycles. The first-order chi connectivity index (χ1) is 16.1. The van der Waals surface area contributed by atoms with Crippen molar-refractivity contribution < 1.29 is 13.2 Å². The van der Waals surface area contributed by atoms with Gasteiger partial charge in [-0.05, 0) is 113 Å². The fourth-order valence-electron chi connectivity index (χ4n) is 10.0. The van der Waals surface area contributed by atoms with Crippen molar-refractivity contribution in [2.75, 3.05) is 12.8 Å². The first-order valence-electron chi connectivity index (χ1n) is 14.2. The van der Waals surface area contributed by atoms with Crippen LogP contribution in [0.1, 0.15) is 91.4 Å². The molecule has 2 saturated heterocycles. The zero-order valence-electron chi connectivity index (χ0n) is 21.7. The molecule has 10 atom stereocenters. The Kier molecular flexibility index (Phi) is 5.84. The van der Waals surface area contributed by atoms with Gasteiger partial charge in [-0.3, -0.25) is 0 Å². The number of allylic oxidation sites excluding steroid dienone is 1. The lowest BCUT2D eigenvalue weighted by Gasteiger charge is -2.54. The van der Waals surface area contributed by atoms with Gasteiger partial charge in [0.1, 0.15) is 0 Å². The summed E-state index contributed by atoms with van der Waals surface area (Å²) in [4.78, 5) is 0. The highest BCUT2D eigenvalue weighted by Crippen LogP contribution is 2.65. The van der Waals surface area contributed by atoms with E-state index in [4.69, 9.17) is 4.74 Å². The topological polar surface area (TPSA) is 67.4 Å². The summed E-state index contributed by atoms with van der Waals surface area (Å²) >= 11 is 0. The molecule has 0 aromatic carbocycles. The molecule has 5 fully saturated rings. The average molecular weight is 491 g/mol. The molecule has 6 rings (SSSR count). The third-order valence-corrected chi connectivity index (χ3v) is 12.5. The van der Waals surface area contributed by atoms with Crippen molar-refractivity contribution in [3.8, 4) is 0 Å². The van der Waals surface area contributed by atoms with Gasteiger partial charge in [0.05, 0.1) is 18.0 Å². The molecule has 1 unspecified atom stereocenters. The van der Waals surface area contributed by atoms with E-state index < -0.39 is 10.0 Å². The van der Waals surface area contributed by atoms with Crippen molar-refractivity contribution >= 4 is 10.0 Å². The third kappa shape index (κ3) is 3.76. The van der Waals surface area contributed by atoms with E-state index in [2.05, 4.69) is 30.8 Å². The van der Waals surface area contributed by atoms with Crippen LogP contribution in [0.25, 0.3) is 0 Å². The lowest BCUT2D eigenvalue weighted by atomic mass is 9.52. The SMILES string of the molecule is CC1=C2C[C@H]3[C@@H](CC[C@@H]4C[C@H](NS(C)(=O)=O)CC[C@@]43C)[C@@H]2CC[C@@]2(C1)OC1CCCN[C@H]1[C@H]2C. The number of ether oxygens (including phenoxy) is 1. The minimum atomic E-state index is -3.12. The van der Waals surface area contributed by atoms with Crippen LogP contribution in [0.4, 0.5) is 0 Å². The first-order valence-corrected chi connectivity index (χ1v) is 16.1. The Hall–Kier alpha value is -0.430. The molecule has 0 aromatic heterocycles. The zero-order chi connectivity index (χ0) is 23.9. The van der Waals surface area contributed by atoms with Crippen molar-refractivity contribution in [2.45, 2.75) is 115 Å². The van der Waals surface area contributed by atoms with Gasteiger partial charge in [-0.1, -0.05) is 25.0 Å². The Balaban J connectivity index is 1.23. The summed E-state index contributed by atoms with van der Waals surface area (Å²) in [5.74, 6) is 3.59. The van der Waals surface area contributed by atoms with E-state index in [1.54, 1.807) is 11.1 Å². The van der Waals surface area contributed by atoms with Gasteiger partial charge >= 0.3 is 0 Å². The minimum Gasteiger partial charge on any atom is -0.369 e. The van der Waals surface area contributed by atoms with Crippen LogP contribution in [-0.2, 0) is 14.8 Å². The summed E-state index contributed by atoms with van der Waals surface area (Å²) in [6.45, 7) is 8.61. The number of sulfonamides is 1. The van der Waals surface area contributed by atoms with Crippen LogP contribution in [0.5, 0.6) is 0 Å². The van der Waals surface area contributed by atoms with Gasteiger partial charge < -0.3 is 10.1 Å². The lowest BCUT2D eigenvalue weighted by molar-refractivity contribution is -0.0712. The summed E-state index contributed by atoms with van der Waals surface area (Å²) in [6.07, 6.45) is 14.9. The smallest absolute Gasteiger partial charge is 0.208 e. The number of nitrogens with one attached hydrogen (secondary N) is 2. The molecular weight excluding hydrogens is 444 g/mol. The summed E-state index contributed by atoms with van der Waals surface area (Å²) in [5, 5.41) is 3.80. The molecule has 0 bridgehead atoms. The quantitative estimate of drug-likeness (QED) is 0.547. The Bertz CT molecular complexity index is 963. The van der Waals surface area contributed by atoms with E-state index in [0.29, 0.717) is 29.4 Å². The van der Waals surface area contributed by atoms with Crippen LogP contribution in [0.15, 0.2) is 11.1 Å². The van der Waals surface area contributed by atoms with Gasteiger partial charge in [0.2, 0.25) is 10.0 Å². The first kappa shape index (κ1) is 23.9. The van der Waals surface area contributed by atoms with E-state index in [1.807, 2.05) is 0 Å². The molecule has 6 aliphatic rings. The highest BCUT2D eigenvalue weighted by Gasteiger charge is 2.59. The molecule has 2 N–H and O–H groups in total. The molecule has 34 heavy (non-hydrogen) atoms. The summed E-state index contributed by atoms with van der Waals surface area (Å²) in [6, 6.07) is 0.678. The fraction of sp³-hybridized carbons (Fsp3) is 0.929. The number of piperidine rings is 1. The summed E-state index contributed by atoms with van der Waals surface area (Å²) in [5.41, 5.74) is 3.85. The van der Waals surface area contributed by atoms with Crippen LogP contribution >= 0.6 is 0 Å². The average Bonchev–Trinajstić information content (AvgIpc) is 3.24. The Morgan fingerprint density at radius 1 is 1.12 bits per heavy atom. The molecular formula is C28H46N2O3S. The van der Waals surface area contributed by atoms with E-state index in [0.717, 1.165) is 43.6 Å². The second-order valence-electron chi connectivity index (χ2n) is 13.4. The number of hydrogen-bond donors (Lipinski definition) is 2. The van der Waals surface area contributed by atoms with Gasteiger partial charge in [0, 0.05) is 18.0 Å². The van der Waals surface area contributed by atoms with Crippen molar-refractivity contribution in [3.63, 3.8) is 0 Å². The molecule has 1 spiro atoms. The van der Waals surface area contributed by atoms with Gasteiger partial charge in [-0.25, -0.2) is 13.1 Å². The predicted molar refractivity (Wildman–Crippen MR) is 136 cm³/mol. The number of hydrogen-bond acceptors (Lipinski definition) is 4. The maximum atomic E-state index is 11.8. The van der Waals surface area contributed by atoms with Gasteiger partial charge in [-0.15, -0.1) is 0 Å². The molecule has 0 radical (unpaired) electrons. The second kappa shape index (κ2) is 8.29. The molecule has 0 aromatic rings. The molecule has 2 aliphatic heterocycles. The highest BCUT2D eigenvalue weighted by atomic mass is 32.2. The monoisotopic (exact) mass is 490 g/mol. The zero-order valence-corrected chi connectivity index (χ0v) is 22.6. The summed E-state index contributed by atoms with van der Waals surface area (Å²) in [7, 11) is -3.12. The largest absolute Gasteiger partial charge is 0.369 e. The maximum absolute atomic E-state index is 11.8. The van der Waals surface area contributed by atoms with Crippen LogP contribution in [-0.4, -0.2) is 45.0 Å². The summed E-state index contributed by atoms with van der Waals surface area (Å²) < 4.78 is 33.6. The van der Waals surface area contributed by atoms with Gasteiger partial charge in [-0.2, -0.15) is 0 Å². The van der Waals surface area contributed by atoms with Gasteiger partial charge in [0.15, 0.2) is 0 Å². The number of fused-ring (bicyclic) bond motifs is 6. The molecule has 0 amide bonds. The maximum Gasteiger partial charge on any atom is 0.208 e. The van der Waals surface area contributed by atoms with Gasteiger partial charge in [0.25, 0.3) is 0 Å². The fourth-order valence-corrected chi connectivity index (χ4v) is 10.9. The Morgan fingerprint density at radius 2 is 1.94 bits per heavy atom. The van der Waals surface area contributed by atoms with Crippen molar-refractivity contribution in [1.82, 2.24) is 10.0 Å². The molecule has 192 valence electrons.